The lowest BCUT2D eigenvalue weighted by Gasteiger charge is -2.15. The Hall–Kier alpha value is -1.55. The molecule has 20 heavy (non-hydrogen) atoms. The van der Waals surface area contributed by atoms with Crippen LogP contribution in [0.15, 0.2) is 25.8 Å². The summed E-state index contributed by atoms with van der Waals surface area (Å²) in [6.45, 7) is 15.9. The molecule has 5 heteroatoms. The summed E-state index contributed by atoms with van der Waals surface area (Å²) in [6.07, 6.45) is -3.28. The lowest BCUT2D eigenvalue weighted by Crippen LogP contribution is -2.12. The lowest BCUT2D eigenvalue weighted by atomic mass is 9.98. The van der Waals surface area contributed by atoms with Crippen molar-refractivity contribution in [3.8, 4) is 0 Å². The molecule has 0 N–H and O–H groups in total. The minimum Gasteiger partial charge on any atom is -0.235 e. The zero-order valence-electron chi connectivity index (χ0n) is 11.7. The van der Waals surface area contributed by atoms with Crippen molar-refractivity contribution in [1.29, 1.82) is 0 Å². The van der Waals surface area contributed by atoms with E-state index in [9.17, 15) is 13.2 Å². The average Bonchev–Trinajstić information content (AvgIpc) is 2.38. The molecule has 0 aliphatic carbocycles. The zero-order valence-corrected chi connectivity index (χ0v) is 12.5. The van der Waals surface area contributed by atoms with E-state index < -0.39 is 11.7 Å². The Balaban J connectivity index is 0.00000172. The number of nitrogens with zero attached hydrogens (tertiary/aromatic N) is 1. The summed E-state index contributed by atoms with van der Waals surface area (Å²) in [5.74, 6) is 0. The molecule has 0 atom stereocenters. The van der Waals surface area contributed by atoms with E-state index in [4.69, 9.17) is 11.6 Å². The molecule has 0 aliphatic heterocycles. The van der Waals surface area contributed by atoms with E-state index in [0.717, 1.165) is 0 Å². The third-order valence-corrected chi connectivity index (χ3v) is 2.51. The first-order chi connectivity index (χ1) is 9.18. The minimum absolute atomic E-state index is 0.0426. The van der Waals surface area contributed by atoms with Gasteiger partial charge in [-0.3, -0.25) is 0 Å². The Bertz CT molecular complexity index is 531. The average molecular weight is 304 g/mol. The molecule has 0 aromatic carbocycles. The molecule has 0 aliphatic rings. The van der Waals surface area contributed by atoms with Crippen LogP contribution in [-0.4, -0.2) is 11.2 Å². The first kappa shape index (κ1) is 18.4. The van der Waals surface area contributed by atoms with Crippen LogP contribution in [0, 0.1) is 0 Å². The van der Waals surface area contributed by atoms with E-state index >= 15 is 0 Å². The number of hydrogen-bond donors (Lipinski definition) is 0. The fourth-order valence-electron chi connectivity index (χ4n) is 1.45. The molecule has 1 heterocycles. The van der Waals surface area contributed by atoms with Gasteiger partial charge in [0.1, 0.15) is 5.15 Å². The Morgan fingerprint density at radius 2 is 1.80 bits per heavy atom. The molecule has 0 unspecified atom stereocenters. The SMILES string of the molecule is C=Cc1c(C(=C)C)cc(Cl)nc1C(=C)C(F)(F)F.CC. The molecule has 0 fully saturated rings. The number of rotatable bonds is 3. The van der Waals surface area contributed by atoms with Crippen molar-refractivity contribution in [3.05, 3.63) is 47.8 Å². The third kappa shape index (κ3) is 4.23. The van der Waals surface area contributed by atoms with Gasteiger partial charge in [0, 0.05) is 5.56 Å². The van der Waals surface area contributed by atoms with Crippen LogP contribution in [0.1, 0.15) is 37.6 Å². The predicted molar refractivity (Wildman–Crippen MR) is 80.5 cm³/mol. The Morgan fingerprint density at radius 3 is 2.15 bits per heavy atom. The highest BCUT2D eigenvalue weighted by atomic mass is 35.5. The summed E-state index contributed by atoms with van der Waals surface area (Å²) in [6, 6.07) is 1.45. The standard InChI is InChI=1S/C13H11ClF3N.C2H6/c1-5-9-10(7(2)3)6-11(14)18-12(9)8(4)13(15,16)17;1-2/h5-6H,1-2,4H2,3H3;1-2H3. The second-order valence-corrected chi connectivity index (χ2v) is 4.10. The number of alkyl halides is 3. The lowest BCUT2D eigenvalue weighted by molar-refractivity contribution is -0.0689. The summed E-state index contributed by atoms with van der Waals surface area (Å²) in [5.41, 5.74) is -0.0875. The number of aromatic nitrogens is 1. The van der Waals surface area contributed by atoms with E-state index in [1.54, 1.807) is 6.92 Å². The van der Waals surface area contributed by atoms with E-state index in [0.29, 0.717) is 11.1 Å². The highest BCUT2D eigenvalue weighted by Gasteiger charge is 2.35. The molecule has 1 nitrogen and oxygen atoms in total. The topological polar surface area (TPSA) is 12.9 Å². The van der Waals surface area contributed by atoms with Crippen molar-refractivity contribution < 1.29 is 13.2 Å². The van der Waals surface area contributed by atoms with Crippen molar-refractivity contribution in [3.63, 3.8) is 0 Å². The molecular weight excluding hydrogens is 287 g/mol. The predicted octanol–water partition coefficient (Wildman–Crippen LogP) is 6.01. The normalized spacial score (nSPS) is 10.3. The van der Waals surface area contributed by atoms with Gasteiger partial charge in [0.15, 0.2) is 0 Å². The molecule has 0 radical (unpaired) electrons. The van der Waals surface area contributed by atoms with Gasteiger partial charge in [0.05, 0.1) is 11.3 Å². The third-order valence-electron chi connectivity index (χ3n) is 2.32. The summed E-state index contributed by atoms with van der Waals surface area (Å²) in [5, 5.41) is -0.0426. The summed E-state index contributed by atoms with van der Waals surface area (Å²) < 4.78 is 38.0. The second kappa shape index (κ2) is 7.29. The highest BCUT2D eigenvalue weighted by molar-refractivity contribution is 6.29. The van der Waals surface area contributed by atoms with Crippen molar-refractivity contribution in [2.45, 2.75) is 26.9 Å². The number of hydrogen-bond acceptors (Lipinski definition) is 1. The van der Waals surface area contributed by atoms with Crippen molar-refractivity contribution in [2.24, 2.45) is 0 Å². The second-order valence-electron chi connectivity index (χ2n) is 3.72. The van der Waals surface area contributed by atoms with Crippen molar-refractivity contribution >= 4 is 28.8 Å². The van der Waals surface area contributed by atoms with Crippen LogP contribution >= 0.6 is 11.6 Å². The van der Waals surface area contributed by atoms with Gasteiger partial charge < -0.3 is 0 Å². The van der Waals surface area contributed by atoms with Crippen molar-refractivity contribution in [2.75, 3.05) is 0 Å². The van der Waals surface area contributed by atoms with Gasteiger partial charge in [-0.05, 0) is 18.6 Å². The Labute approximate surface area is 122 Å². The van der Waals surface area contributed by atoms with Crippen LogP contribution in [0.25, 0.3) is 17.2 Å². The van der Waals surface area contributed by atoms with Crippen LogP contribution in [0.5, 0.6) is 0 Å². The van der Waals surface area contributed by atoms with E-state index in [2.05, 4.69) is 24.7 Å². The number of allylic oxidation sites excluding steroid dienone is 2. The molecular formula is C15H17ClF3N. The molecule has 0 bridgehead atoms. The van der Waals surface area contributed by atoms with Crippen LogP contribution in [0.4, 0.5) is 13.2 Å². The van der Waals surface area contributed by atoms with E-state index in [1.165, 1.54) is 12.1 Å². The number of pyridine rings is 1. The minimum atomic E-state index is -4.57. The largest absolute Gasteiger partial charge is 0.417 e. The van der Waals surface area contributed by atoms with Crippen LogP contribution in [0.3, 0.4) is 0 Å². The van der Waals surface area contributed by atoms with Crippen LogP contribution < -0.4 is 0 Å². The monoisotopic (exact) mass is 303 g/mol. The van der Waals surface area contributed by atoms with E-state index in [1.807, 2.05) is 13.8 Å². The van der Waals surface area contributed by atoms with E-state index in [-0.39, 0.29) is 16.4 Å². The Kier molecular flexibility index (Phi) is 6.73. The maximum atomic E-state index is 12.7. The molecule has 0 spiro atoms. The first-order valence-electron chi connectivity index (χ1n) is 5.93. The van der Waals surface area contributed by atoms with Crippen molar-refractivity contribution in [1.82, 2.24) is 4.98 Å². The molecule has 1 rings (SSSR count). The van der Waals surface area contributed by atoms with Gasteiger partial charge in [0.25, 0.3) is 0 Å². The maximum Gasteiger partial charge on any atom is 0.417 e. The maximum absolute atomic E-state index is 12.7. The highest BCUT2D eigenvalue weighted by Crippen LogP contribution is 2.36. The molecule has 0 amide bonds. The molecule has 110 valence electrons. The van der Waals surface area contributed by atoms with Gasteiger partial charge >= 0.3 is 6.18 Å². The first-order valence-corrected chi connectivity index (χ1v) is 6.31. The zero-order chi connectivity index (χ0) is 16.1. The molecule has 0 saturated carbocycles. The van der Waals surface area contributed by atoms with Gasteiger partial charge in [-0.2, -0.15) is 13.2 Å². The molecule has 1 aromatic rings. The summed E-state index contributed by atoms with van der Waals surface area (Å²) in [4.78, 5) is 3.69. The quantitative estimate of drug-likeness (QED) is 0.623. The van der Waals surface area contributed by atoms with Crippen LogP contribution in [-0.2, 0) is 0 Å². The van der Waals surface area contributed by atoms with Gasteiger partial charge in [-0.25, -0.2) is 4.98 Å². The fourth-order valence-corrected chi connectivity index (χ4v) is 1.64. The van der Waals surface area contributed by atoms with Gasteiger partial charge in [-0.1, -0.05) is 56.8 Å². The van der Waals surface area contributed by atoms with Crippen LogP contribution in [0.2, 0.25) is 5.15 Å². The van der Waals surface area contributed by atoms with Gasteiger partial charge in [-0.15, -0.1) is 0 Å². The molecule has 0 saturated heterocycles. The van der Waals surface area contributed by atoms with Gasteiger partial charge in [0.2, 0.25) is 0 Å². The summed E-state index contributed by atoms with van der Waals surface area (Å²) >= 11 is 5.72. The molecule has 1 aromatic heterocycles. The smallest absolute Gasteiger partial charge is 0.235 e. The fraction of sp³-hybridized carbons (Fsp3) is 0.267. The number of halogens is 4. The summed E-state index contributed by atoms with van der Waals surface area (Å²) in [7, 11) is 0. The Morgan fingerprint density at radius 1 is 1.30 bits per heavy atom.